The van der Waals surface area contributed by atoms with Crippen molar-refractivity contribution in [3.8, 4) is 0 Å². The maximum atomic E-state index is 12.8. The third-order valence-electron chi connectivity index (χ3n) is 4.48. The molecule has 29 heavy (non-hydrogen) atoms. The second-order valence-corrected chi connectivity index (χ2v) is 6.58. The largest absolute Gasteiger partial charge is 0.416 e. The Morgan fingerprint density at radius 3 is 2.41 bits per heavy atom. The molecule has 0 radical (unpaired) electrons. The third kappa shape index (κ3) is 4.31. The molecule has 1 amide bonds. The molecule has 3 rings (SSSR count). The number of alkyl halides is 3. The number of nitrogens with one attached hydrogen (secondary N) is 2. The highest BCUT2D eigenvalue weighted by atomic mass is 19.4. The number of fused-ring (bicyclic) bond motifs is 1. The summed E-state index contributed by atoms with van der Waals surface area (Å²) in [6.45, 7) is 1.87. The van der Waals surface area contributed by atoms with Gasteiger partial charge in [0.15, 0.2) is 0 Å². The number of benzene rings is 2. The van der Waals surface area contributed by atoms with E-state index in [1.165, 1.54) is 19.1 Å². The number of para-hydroxylation sites is 1. The van der Waals surface area contributed by atoms with Crippen LogP contribution < -0.4 is 11.1 Å². The Morgan fingerprint density at radius 1 is 1.17 bits per heavy atom. The van der Waals surface area contributed by atoms with E-state index in [1.54, 1.807) is 6.20 Å². The fourth-order valence-corrected chi connectivity index (χ4v) is 3.02. The number of anilines is 1. The van der Waals surface area contributed by atoms with Crippen molar-refractivity contribution < 1.29 is 18.0 Å². The molecule has 2 aromatic carbocycles. The molecular weight excluding hydrogens is 381 g/mol. The lowest BCUT2D eigenvalue weighted by atomic mass is 10.1. The number of nitrogens with two attached hydrogens (primary N) is 1. The standard InChI is InChI=1S/C21H19F3N4O/c1-13(26)17(10-25)20(29)27-18-12-28(19-5-3-2-4-16(18)19)11-14-6-8-15(9-7-14)21(22,23)24/h2-10,12,25H,11,26H2,1H3,(H,27,29). The first kappa shape index (κ1) is 20.2. The van der Waals surface area contributed by atoms with Crippen molar-refractivity contribution in [3.05, 3.63) is 77.1 Å². The molecular formula is C21H19F3N4O. The molecule has 150 valence electrons. The van der Waals surface area contributed by atoms with Crippen molar-refractivity contribution in [3.63, 3.8) is 0 Å². The van der Waals surface area contributed by atoms with Gasteiger partial charge in [-0.15, -0.1) is 0 Å². The predicted molar refractivity (Wildman–Crippen MR) is 107 cm³/mol. The first-order valence-electron chi connectivity index (χ1n) is 8.73. The van der Waals surface area contributed by atoms with Crippen LogP contribution in [0.5, 0.6) is 0 Å². The highest BCUT2D eigenvalue weighted by Gasteiger charge is 2.29. The maximum Gasteiger partial charge on any atom is 0.416 e. The van der Waals surface area contributed by atoms with E-state index in [1.807, 2.05) is 28.8 Å². The van der Waals surface area contributed by atoms with Crippen molar-refractivity contribution in [1.29, 1.82) is 5.41 Å². The van der Waals surface area contributed by atoms with Crippen molar-refractivity contribution in [1.82, 2.24) is 4.57 Å². The van der Waals surface area contributed by atoms with Gasteiger partial charge in [-0.05, 0) is 30.7 Å². The van der Waals surface area contributed by atoms with Gasteiger partial charge in [-0.25, -0.2) is 0 Å². The molecule has 0 aliphatic heterocycles. The molecule has 1 heterocycles. The van der Waals surface area contributed by atoms with Gasteiger partial charge >= 0.3 is 6.18 Å². The van der Waals surface area contributed by atoms with Crippen LogP contribution in [0.25, 0.3) is 10.9 Å². The normalized spacial score (nSPS) is 12.6. The molecule has 0 saturated carbocycles. The summed E-state index contributed by atoms with van der Waals surface area (Å²) in [5, 5.41) is 10.9. The molecule has 1 aromatic heterocycles. The highest BCUT2D eigenvalue weighted by Crippen LogP contribution is 2.30. The summed E-state index contributed by atoms with van der Waals surface area (Å²) in [5.41, 5.74) is 7.26. The Hall–Kier alpha value is -3.55. The fourth-order valence-electron chi connectivity index (χ4n) is 3.02. The monoisotopic (exact) mass is 400 g/mol. The summed E-state index contributed by atoms with van der Waals surface area (Å²) in [4.78, 5) is 12.4. The number of carbonyl (C=O) groups is 1. The summed E-state index contributed by atoms with van der Waals surface area (Å²) in [7, 11) is 0. The zero-order chi connectivity index (χ0) is 21.2. The fraction of sp³-hybridized carbons (Fsp3) is 0.143. The van der Waals surface area contributed by atoms with Crippen LogP contribution >= 0.6 is 0 Å². The second kappa shape index (κ2) is 7.83. The van der Waals surface area contributed by atoms with Crippen LogP contribution in [0.2, 0.25) is 0 Å². The van der Waals surface area contributed by atoms with Gasteiger partial charge in [0.2, 0.25) is 0 Å². The minimum Gasteiger partial charge on any atom is -0.402 e. The molecule has 0 aliphatic rings. The van der Waals surface area contributed by atoms with Gasteiger partial charge in [-0.1, -0.05) is 30.3 Å². The van der Waals surface area contributed by atoms with Crippen LogP contribution in [-0.4, -0.2) is 16.7 Å². The SMILES string of the molecule is CC(N)=C(C=N)C(=O)Nc1cn(Cc2ccc(C(F)(F)F)cc2)c2ccccc12. The Morgan fingerprint density at radius 2 is 1.83 bits per heavy atom. The van der Waals surface area contributed by atoms with Crippen molar-refractivity contribution in [2.24, 2.45) is 5.73 Å². The van der Waals surface area contributed by atoms with Gasteiger partial charge in [0.05, 0.1) is 22.3 Å². The average Bonchev–Trinajstić information content (AvgIpc) is 2.99. The van der Waals surface area contributed by atoms with Crippen LogP contribution in [0.3, 0.4) is 0 Å². The molecule has 0 saturated heterocycles. The molecule has 0 bridgehead atoms. The number of halogens is 3. The van der Waals surface area contributed by atoms with Gasteiger partial charge in [0.25, 0.3) is 5.91 Å². The van der Waals surface area contributed by atoms with Crippen LogP contribution in [0.4, 0.5) is 18.9 Å². The summed E-state index contributed by atoms with van der Waals surface area (Å²) in [6, 6.07) is 12.3. The van der Waals surface area contributed by atoms with E-state index in [4.69, 9.17) is 11.1 Å². The smallest absolute Gasteiger partial charge is 0.402 e. The number of allylic oxidation sites excluding steroid dienone is 1. The van der Waals surface area contributed by atoms with Crippen molar-refractivity contribution in [2.45, 2.75) is 19.6 Å². The molecule has 0 spiro atoms. The number of rotatable bonds is 5. The molecule has 0 unspecified atom stereocenters. The Labute approximate surface area is 165 Å². The predicted octanol–water partition coefficient (Wildman–Crippen LogP) is 4.53. The van der Waals surface area contributed by atoms with Crippen molar-refractivity contribution >= 4 is 28.7 Å². The maximum absolute atomic E-state index is 12.8. The molecule has 8 heteroatoms. The average molecular weight is 400 g/mol. The van der Waals surface area contributed by atoms with Crippen molar-refractivity contribution in [2.75, 3.05) is 5.32 Å². The number of amides is 1. The first-order chi connectivity index (χ1) is 13.7. The quantitative estimate of drug-likeness (QED) is 0.434. The van der Waals surface area contributed by atoms with Gasteiger partial charge < -0.3 is 21.0 Å². The Balaban J connectivity index is 1.93. The second-order valence-electron chi connectivity index (χ2n) is 6.58. The molecule has 4 N–H and O–H groups in total. The lowest BCUT2D eigenvalue weighted by Crippen LogP contribution is -2.18. The number of hydrogen-bond donors (Lipinski definition) is 3. The van der Waals surface area contributed by atoms with E-state index < -0.39 is 17.6 Å². The van der Waals surface area contributed by atoms with Crippen LogP contribution in [-0.2, 0) is 17.5 Å². The van der Waals surface area contributed by atoms with E-state index >= 15 is 0 Å². The van der Waals surface area contributed by atoms with Gasteiger partial charge in [-0.2, -0.15) is 13.2 Å². The molecule has 0 fully saturated rings. The van der Waals surface area contributed by atoms with E-state index in [9.17, 15) is 18.0 Å². The zero-order valence-electron chi connectivity index (χ0n) is 15.5. The summed E-state index contributed by atoms with van der Waals surface area (Å²) >= 11 is 0. The minimum atomic E-state index is -4.38. The van der Waals surface area contributed by atoms with Crippen LogP contribution in [0.1, 0.15) is 18.1 Å². The van der Waals surface area contributed by atoms with Gasteiger partial charge in [0, 0.05) is 30.0 Å². The van der Waals surface area contributed by atoms with Gasteiger partial charge in [-0.3, -0.25) is 4.79 Å². The first-order valence-corrected chi connectivity index (χ1v) is 8.73. The van der Waals surface area contributed by atoms with Crippen LogP contribution in [0, 0.1) is 5.41 Å². The topological polar surface area (TPSA) is 83.9 Å². The van der Waals surface area contributed by atoms with Crippen LogP contribution in [0.15, 0.2) is 66.0 Å². The molecule has 3 aromatic rings. The number of carbonyl (C=O) groups excluding carboxylic acids is 1. The highest BCUT2D eigenvalue weighted by molar-refractivity contribution is 6.19. The lowest BCUT2D eigenvalue weighted by Gasteiger charge is -2.09. The molecule has 0 aliphatic carbocycles. The third-order valence-corrected chi connectivity index (χ3v) is 4.48. The number of hydrogen-bond acceptors (Lipinski definition) is 3. The van der Waals surface area contributed by atoms with E-state index in [2.05, 4.69) is 5.32 Å². The Bertz CT molecular complexity index is 1090. The zero-order valence-corrected chi connectivity index (χ0v) is 15.5. The van der Waals surface area contributed by atoms with Gasteiger partial charge in [0.1, 0.15) is 0 Å². The molecule has 5 nitrogen and oxygen atoms in total. The number of nitrogens with zero attached hydrogens (tertiary/aromatic N) is 1. The lowest BCUT2D eigenvalue weighted by molar-refractivity contribution is -0.137. The summed E-state index contributed by atoms with van der Waals surface area (Å²) < 4.78 is 40.1. The summed E-state index contributed by atoms with van der Waals surface area (Å²) in [5.74, 6) is -0.502. The molecule has 0 atom stereocenters. The number of aromatic nitrogens is 1. The van der Waals surface area contributed by atoms with E-state index in [0.29, 0.717) is 17.8 Å². The summed E-state index contributed by atoms with van der Waals surface area (Å²) in [6.07, 6.45) is -1.77. The van der Waals surface area contributed by atoms with E-state index in [0.717, 1.165) is 29.3 Å². The Kier molecular flexibility index (Phi) is 5.45. The minimum absolute atomic E-state index is 0.0598. The van der Waals surface area contributed by atoms with E-state index in [-0.39, 0.29) is 11.3 Å².